The lowest BCUT2D eigenvalue weighted by Crippen LogP contribution is -2.24. The van der Waals surface area contributed by atoms with Gasteiger partial charge in [0.2, 0.25) is 0 Å². The molecule has 1 aliphatic carbocycles. The SMILES string of the molecule is CCCNC(c1c(C)ccc2ccccc12)C1CC1. The summed E-state index contributed by atoms with van der Waals surface area (Å²) in [6, 6.07) is 13.9. The van der Waals surface area contributed by atoms with E-state index in [1.54, 1.807) is 0 Å². The van der Waals surface area contributed by atoms with E-state index in [1.807, 2.05) is 0 Å². The predicted molar refractivity (Wildman–Crippen MR) is 82.4 cm³/mol. The number of benzene rings is 2. The van der Waals surface area contributed by atoms with Crippen LogP contribution in [0.1, 0.15) is 43.4 Å². The van der Waals surface area contributed by atoms with E-state index in [4.69, 9.17) is 0 Å². The third-order valence-corrected chi connectivity index (χ3v) is 4.21. The third kappa shape index (κ3) is 2.52. The highest BCUT2D eigenvalue weighted by atomic mass is 14.9. The molecule has 0 spiro atoms. The Morgan fingerprint density at radius 2 is 1.95 bits per heavy atom. The minimum absolute atomic E-state index is 0.547. The number of rotatable bonds is 5. The molecule has 19 heavy (non-hydrogen) atoms. The first-order valence-corrected chi connectivity index (χ1v) is 7.53. The number of hydrogen-bond donors (Lipinski definition) is 1. The molecule has 0 aliphatic heterocycles. The van der Waals surface area contributed by atoms with Crippen LogP contribution in [0.25, 0.3) is 10.8 Å². The molecule has 1 heteroatoms. The zero-order valence-electron chi connectivity index (χ0n) is 11.9. The van der Waals surface area contributed by atoms with Crippen molar-refractivity contribution in [3.63, 3.8) is 0 Å². The van der Waals surface area contributed by atoms with Gasteiger partial charge >= 0.3 is 0 Å². The van der Waals surface area contributed by atoms with E-state index in [1.165, 1.54) is 41.2 Å². The van der Waals surface area contributed by atoms with Crippen LogP contribution in [0.3, 0.4) is 0 Å². The molecule has 1 saturated carbocycles. The van der Waals surface area contributed by atoms with Gasteiger partial charge in [0.15, 0.2) is 0 Å². The van der Waals surface area contributed by atoms with Gasteiger partial charge < -0.3 is 5.32 Å². The van der Waals surface area contributed by atoms with Crippen molar-refractivity contribution in [3.05, 3.63) is 47.5 Å². The monoisotopic (exact) mass is 253 g/mol. The Labute approximate surface area is 116 Å². The maximum Gasteiger partial charge on any atom is 0.0357 e. The zero-order valence-corrected chi connectivity index (χ0v) is 11.9. The Balaban J connectivity index is 2.07. The van der Waals surface area contributed by atoms with Crippen LogP contribution in [-0.4, -0.2) is 6.54 Å². The summed E-state index contributed by atoms with van der Waals surface area (Å²) in [5.41, 5.74) is 2.97. The normalized spacial score (nSPS) is 16.7. The first-order chi connectivity index (χ1) is 9.31. The lowest BCUT2D eigenvalue weighted by atomic mass is 9.91. The van der Waals surface area contributed by atoms with Crippen LogP contribution in [0.4, 0.5) is 0 Å². The minimum Gasteiger partial charge on any atom is -0.310 e. The van der Waals surface area contributed by atoms with E-state index in [0.29, 0.717) is 6.04 Å². The molecule has 1 N–H and O–H groups in total. The summed E-state index contributed by atoms with van der Waals surface area (Å²) in [7, 11) is 0. The molecule has 1 nitrogen and oxygen atoms in total. The molecule has 0 heterocycles. The molecule has 1 atom stereocenters. The van der Waals surface area contributed by atoms with Crippen molar-refractivity contribution in [2.24, 2.45) is 5.92 Å². The van der Waals surface area contributed by atoms with Gasteiger partial charge in [0.1, 0.15) is 0 Å². The van der Waals surface area contributed by atoms with Gasteiger partial charge in [-0.1, -0.05) is 43.3 Å². The number of aryl methyl sites for hydroxylation is 1. The molecule has 0 amide bonds. The van der Waals surface area contributed by atoms with Crippen molar-refractivity contribution in [2.75, 3.05) is 6.54 Å². The lowest BCUT2D eigenvalue weighted by molar-refractivity contribution is 0.482. The summed E-state index contributed by atoms with van der Waals surface area (Å²) in [6.45, 7) is 5.61. The molecule has 2 aromatic rings. The molecule has 1 fully saturated rings. The summed E-state index contributed by atoms with van der Waals surface area (Å²) < 4.78 is 0. The number of nitrogens with one attached hydrogen (secondary N) is 1. The highest BCUT2D eigenvalue weighted by molar-refractivity contribution is 5.87. The fourth-order valence-electron chi connectivity index (χ4n) is 3.05. The molecular weight excluding hydrogens is 230 g/mol. The quantitative estimate of drug-likeness (QED) is 0.821. The average molecular weight is 253 g/mol. The first-order valence-electron chi connectivity index (χ1n) is 7.53. The van der Waals surface area contributed by atoms with Crippen LogP contribution in [0, 0.1) is 12.8 Å². The first kappa shape index (κ1) is 12.7. The molecule has 2 aromatic carbocycles. The molecular formula is C18H23N. The highest BCUT2D eigenvalue weighted by Gasteiger charge is 2.33. The van der Waals surface area contributed by atoms with Gasteiger partial charge in [-0.2, -0.15) is 0 Å². The summed E-state index contributed by atoms with van der Waals surface area (Å²) in [5, 5.41) is 6.58. The molecule has 3 rings (SSSR count). The summed E-state index contributed by atoms with van der Waals surface area (Å²) in [4.78, 5) is 0. The topological polar surface area (TPSA) is 12.0 Å². The van der Waals surface area contributed by atoms with Crippen LogP contribution in [0.5, 0.6) is 0 Å². The second-order valence-electron chi connectivity index (χ2n) is 5.79. The van der Waals surface area contributed by atoms with E-state index in [0.717, 1.165) is 12.5 Å². The van der Waals surface area contributed by atoms with Crippen molar-refractivity contribution in [1.82, 2.24) is 5.32 Å². The molecule has 0 saturated heterocycles. The maximum absolute atomic E-state index is 3.78. The fourth-order valence-corrected chi connectivity index (χ4v) is 3.05. The Kier molecular flexibility index (Phi) is 3.56. The fraction of sp³-hybridized carbons (Fsp3) is 0.444. The molecule has 100 valence electrons. The zero-order chi connectivity index (χ0) is 13.2. The molecule has 1 aliphatic rings. The maximum atomic E-state index is 3.78. The van der Waals surface area contributed by atoms with Crippen LogP contribution in [0.2, 0.25) is 0 Å². The van der Waals surface area contributed by atoms with Crippen molar-refractivity contribution in [2.45, 2.75) is 39.2 Å². The van der Waals surface area contributed by atoms with E-state index < -0.39 is 0 Å². The van der Waals surface area contributed by atoms with E-state index in [2.05, 4.69) is 55.6 Å². The van der Waals surface area contributed by atoms with Crippen LogP contribution < -0.4 is 5.32 Å². The molecule has 0 radical (unpaired) electrons. The van der Waals surface area contributed by atoms with Crippen molar-refractivity contribution < 1.29 is 0 Å². The van der Waals surface area contributed by atoms with Crippen LogP contribution in [-0.2, 0) is 0 Å². The smallest absolute Gasteiger partial charge is 0.0357 e. The van der Waals surface area contributed by atoms with Crippen LogP contribution >= 0.6 is 0 Å². The van der Waals surface area contributed by atoms with Crippen molar-refractivity contribution in [1.29, 1.82) is 0 Å². The van der Waals surface area contributed by atoms with Crippen molar-refractivity contribution in [3.8, 4) is 0 Å². The second-order valence-corrected chi connectivity index (χ2v) is 5.79. The van der Waals surface area contributed by atoms with Crippen LogP contribution in [0.15, 0.2) is 36.4 Å². The molecule has 0 aromatic heterocycles. The predicted octanol–water partition coefficient (Wildman–Crippen LogP) is 4.60. The third-order valence-electron chi connectivity index (χ3n) is 4.21. The van der Waals surface area contributed by atoms with E-state index >= 15 is 0 Å². The summed E-state index contributed by atoms with van der Waals surface area (Å²) >= 11 is 0. The second kappa shape index (κ2) is 5.34. The Hall–Kier alpha value is -1.34. The standard InChI is InChI=1S/C18H23N/c1-3-12-19-18(15-10-11-15)17-13(2)8-9-14-6-4-5-7-16(14)17/h4-9,15,18-19H,3,10-12H2,1-2H3. The van der Waals surface area contributed by atoms with Crippen molar-refractivity contribution >= 4 is 10.8 Å². The lowest BCUT2D eigenvalue weighted by Gasteiger charge is -2.22. The molecule has 1 unspecified atom stereocenters. The van der Waals surface area contributed by atoms with E-state index in [9.17, 15) is 0 Å². The number of fused-ring (bicyclic) bond motifs is 1. The van der Waals surface area contributed by atoms with Gasteiger partial charge in [0.05, 0.1) is 0 Å². The largest absolute Gasteiger partial charge is 0.310 e. The van der Waals surface area contributed by atoms with Gasteiger partial charge in [-0.25, -0.2) is 0 Å². The number of hydrogen-bond acceptors (Lipinski definition) is 1. The summed E-state index contributed by atoms with van der Waals surface area (Å²) in [6.07, 6.45) is 3.96. The average Bonchev–Trinajstić information content (AvgIpc) is 3.26. The van der Waals surface area contributed by atoms with Gasteiger partial charge in [-0.15, -0.1) is 0 Å². The van der Waals surface area contributed by atoms with Gasteiger partial charge in [-0.3, -0.25) is 0 Å². The van der Waals surface area contributed by atoms with E-state index in [-0.39, 0.29) is 0 Å². The highest BCUT2D eigenvalue weighted by Crippen LogP contribution is 2.43. The Bertz CT molecular complexity index is 569. The Morgan fingerprint density at radius 3 is 2.68 bits per heavy atom. The molecule has 0 bridgehead atoms. The summed E-state index contributed by atoms with van der Waals surface area (Å²) in [5.74, 6) is 0.844. The van der Waals surface area contributed by atoms with Gasteiger partial charge in [0.25, 0.3) is 0 Å². The van der Waals surface area contributed by atoms with Gasteiger partial charge in [0, 0.05) is 6.04 Å². The van der Waals surface area contributed by atoms with Gasteiger partial charge in [-0.05, 0) is 60.5 Å². The Morgan fingerprint density at radius 1 is 1.16 bits per heavy atom. The minimum atomic E-state index is 0.547.